The summed E-state index contributed by atoms with van der Waals surface area (Å²) < 4.78 is 11.7. The lowest BCUT2D eigenvalue weighted by molar-refractivity contribution is 0.545. The molecule has 1 aliphatic rings. The monoisotopic (exact) mass is 195 g/mol. The van der Waals surface area contributed by atoms with Crippen LogP contribution in [0.3, 0.4) is 0 Å². The highest BCUT2D eigenvalue weighted by Crippen LogP contribution is 2.32. The number of hydrogen-bond donors (Lipinski definition) is 0. The summed E-state index contributed by atoms with van der Waals surface area (Å²) in [6, 6.07) is 3.95. The second-order valence-corrected chi connectivity index (χ2v) is 5.09. The molecule has 3 heteroatoms. The summed E-state index contributed by atoms with van der Waals surface area (Å²) in [6.07, 6.45) is 6.97. The molecule has 0 aromatic carbocycles. The molecule has 13 heavy (non-hydrogen) atoms. The fourth-order valence-electron chi connectivity index (χ4n) is 1.73. The van der Waals surface area contributed by atoms with Crippen molar-refractivity contribution in [3.63, 3.8) is 0 Å². The van der Waals surface area contributed by atoms with Crippen molar-refractivity contribution in [2.45, 2.75) is 24.5 Å². The standard InChI is InChI=1S/C10H13NOS/c12-13-7-2-1-5-10(13)9-4-3-6-11-8-9/h3-4,6,8,10H,1-2,5,7H2/t10-,13?/m0/s1. The van der Waals surface area contributed by atoms with E-state index in [0.717, 1.165) is 24.2 Å². The Morgan fingerprint density at radius 1 is 1.46 bits per heavy atom. The maximum Gasteiger partial charge on any atom is 0.142 e. The van der Waals surface area contributed by atoms with E-state index in [1.807, 2.05) is 18.3 Å². The number of hydrogen-bond acceptors (Lipinski definition) is 2. The number of rotatable bonds is 1. The second-order valence-electron chi connectivity index (χ2n) is 3.36. The van der Waals surface area contributed by atoms with Gasteiger partial charge in [0.25, 0.3) is 0 Å². The van der Waals surface area contributed by atoms with E-state index >= 15 is 0 Å². The first kappa shape index (κ1) is 9.03. The van der Waals surface area contributed by atoms with Crippen LogP contribution < -0.4 is 0 Å². The van der Waals surface area contributed by atoms with E-state index in [9.17, 15) is 4.55 Å². The average Bonchev–Trinajstić information content (AvgIpc) is 2.20. The van der Waals surface area contributed by atoms with Crippen LogP contribution in [0.1, 0.15) is 30.1 Å². The zero-order chi connectivity index (χ0) is 9.10. The summed E-state index contributed by atoms with van der Waals surface area (Å²) in [5, 5.41) is 0.238. The molecule has 1 aromatic heterocycles. The van der Waals surface area contributed by atoms with Gasteiger partial charge in [0.1, 0.15) is 11.0 Å². The van der Waals surface area contributed by atoms with Crippen LogP contribution in [0, 0.1) is 0 Å². The van der Waals surface area contributed by atoms with Crippen LogP contribution in [-0.4, -0.2) is 15.3 Å². The molecule has 1 aromatic rings. The molecule has 2 heterocycles. The van der Waals surface area contributed by atoms with Gasteiger partial charge in [0.05, 0.1) is 0 Å². The van der Waals surface area contributed by atoms with E-state index in [4.69, 9.17) is 0 Å². The first-order valence-corrected chi connectivity index (χ1v) is 6.03. The largest absolute Gasteiger partial charge is 0.616 e. The van der Waals surface area contributed by atoms with Crippen molar-refractivity contribution in [3.8, 4) is 0 Å². The van der Waals surface area contributed by atoms with Gasteiger partial charge in [-0.05, 0) is 36.5 Å². The third-order valence-electron chi connectivity index (χ3n) is 2.44. The molecule has 2 atom stereocenters. The van der Waals surface area contributed by atoms with Gasteiger partial charge in [-0.2, -0.15) is 0 Å². The zero-order valence-electron chi connectivity index (χ0n) is 7.48. The van der Waals surface area contributed by atoms with E-state index in [1.54, 1.807) is 6.20 Å². The summed E-state index contributed by atoms with van der Waals surface area (Å²) in [7, 11) is 0. The smallest absolute Gasteiger partial charge is 0.142 e. The molecular weight excluding hydrogens is 182 g/mol. The van der Waals surface area contributed by atoms with Gasteiger partial charge in [0, 0.05) is 18.0 Å². The summed E-state index contributed by atoms with van der Waals surface area (Å²) >= 11 is -0.669. The maximum atomic E-state index is 11.7. The van der Waals surface area contributed by atoms with E-state index in [0.29, 0.717) is 0 Å². The lowest BCUT2D eigenvalue weighted by atomic mass is 10.1. The summed E-state index contributed by atoms with van der Waals surface area (Å²) in [6.45, 7) is 0. The highest BCUT2D eigenvalue weighted by atomic mass is 32.2. The highest BCUT2D eigenvalue weighted by Gasteiger charge is 2.27. The number of aromatic nitrogens is 1. The minimum atomic E-state index is -0.669. The fraction of sp³-hybridized carbons (Fsp3) is 0.500. The van der Waals surface area contributed by atoms with Crippen molar-refractivity contribution in [2.75, 3.05) is 5.75 Å². The van der Waals surface area contributed by atoms with Gasteiger partial charge < -0.3 is 4.55 Å². The van der Waals surface area contributed by atoms with Crippen LogP contribution in [0.25, 0.3) is 0 Å². The molecule has 0 radical (unpaired) electrons. The van der Waals surface area contributed by atoms with E-state index < -0.39 is 11.2 Å². The first-order chi connectivity index (χ1) is 6.38. The van der Waals surface area contributed by atoms with Crippen LogP contribution in [0.15, 0.2) is 24.5 Å². The van der Waals surface area contributed by atoms with Crippen molar-refractivity contribution >= 4 is 11.2 Å². The Balaban J connectivity index is 2.15. The Morgan fingerprint density at radius 3 is 3.08 bits per heavy atom. The molecule has 1 aliphatic heterocycles. The third-order valence-corrected chi connectivity index (χ3v) is 4.27. The van der Waals surface area contributed by atoms with Gasteiger partial charge >= 0.3 is 0 Å². The lowest BCUT2D eigenvalue weighted by Gasteiger charge is -2.25. The number of nitrogens with zero attached hydrogens (tertiary/aromatic N) is 1. The molecule has 0 aliphatic carbocycles. The fourth-order valence-corrected chi connectivity index (χ4v) is 3.38. The third kappa shape index (κ3) is 2.03. The normalized spacial score (nSPS) is 28.7. The minimum Gasteiger partial charge on any atom is -0.616 e. The summed E-state index contributed by atoms with van der Waals surface area (Å²) in [5.41, 5.74) is 1.14. The lowest BCUT2D eigenvalue weighted by Crippen LogP contribution is -2.21. The Bertz CT molecular complexity index is 265. The topological polar surface area (TPSA) is 36.0 Å². The van der Waals surface area contributed by atoms with Gasteiger partial charge in [0.2, 0.25) is 0 Å². The number of pyridine rings is 1. The van der Waals surface area contributed by atoms with Gasteiger partial charge in [-0.15, -0.1) is 0 Å². The quantitative estimate of drug-likeness (QED) is 0.643. The predicted molar refractivity (Wildman–Crippen MR) is 53.8 cm³/mol. The van der Waals surface area contributed by atoms with Gasteiger partial charge in [-0.3, -0.25) is 4.98 Å². The Hall–Kier alpha value is -0.540. The van der Waals surface area contributed by atoms with Crippen LogP contribution in [-0.2, 0) is 11.2 Å². The molecular formula is C10H13NOS. The van der Waals surface area contributed by atoms with E-state index in [1.165, 1.54) is 6.42 Å². The van der Waals surface area contributed by atoms with Crippen LogP contribution in [0.4, 0.5) is 0 Å². The Labute approximate surface area is 81.6 Å². The minimum absolute atomic E-state index is 0.238. The van der Waals surface area contributed by atoms with Crippen molar-refractivity contribution in [1.29, 1.82) is 0 Å². The molecule has 0 amide bonds. The molecule has 70 valence electrons. The van der Waals surface area contributed by atoms with Gasteiger partial charge in [-0.1, -0.05) is 6.07 Å². The van der Waals surface area contributed by atoms with Gasteiger partial charge in [-0.25, -0.2) is 0 Å². The van der Waals surface area contributed by atoms with Crippen molar-refractivity contribution in [1.82, 2.24) is 4.98 Å². The SMILES string of the molecule is [O-][S+]1CCCC[C@H]1c1cccnc1. The summed E-state index contributed by atoms with van der Waals surface area (Å²) in [4.78, 5) is 4.06. The van der Waals surface area contributed by atoms with Crippen molar-refractivity contribution < 1.29 is 4.55 Å². The zero-order valence-corrected chi connectivity index (χ0v) is 8.30. The molecule has 1 fully saturated rings. The predicted octanol–water partition coefficient (Wildman–Crippen LogP) is 2.06. The second kappa shape index (κ2) is 4.11. The van der Waals surface area contributed by atoms with E-state index in [2.05, 4.69) is 4.98 Å². The summed E-state index contributed by atoms with van der Waals surface area (Å²) in [5.74, 6) is 0.861. The van der Waals surface area contributed by atoms with Gasteiger partial charge in [0.15, 0.2) is 0 Å². The highest BCUT2D eigenvalue weighted by molar-refractivity contribution is 7.91. The molecule has 0 bridgehead atoms. The van der Waals surface area contributed by atoms with Crippen LogP contribution >= 0.6 is 0 Å². The van der Waals surface area contributed by atoms with Crippen LogP contribution in [0.2, 0.25) is 0 Å². The van der Waals surface area contributed by atoms with Crippen molar-refractivity contribution in [2.24, 2.45) is 0 Å². The molecule has 1 saturated heterocycles. The first-order valence-electron chi connectivity index (χ1n) is 4.65. The molecule has 2 rings (SSSR count). The molecule has 0 N–H and O–H groups in total. The van der Waals surface area contributed by atoms with E-state index in [-0.39, 0.29) is 5.25 Å². The Kier molecular flexibility index (Phi) is 2.86. The molecule has 1 unspecified atom stereocenters. The molecule has 0 spiro atoms. The Morgan fingerprint density at radius 2 is 2.38 bits per heavy atom. The average molecular weight is 195 g/mol. The maximum absolute atomic E-state index is 11.7. The molecule has 0 saturated carbocycles. The molecule has 2 nitrogen and oxygen atoms in total. The van der Waals surface area contributed by atoms with Crippen LogP contribution in [0.5, 0.6) is 0 Å². The van der Waals surface area contributed by atoms with Crippen molar-refractivity contribution in [3.05, 3.63) is 30.1 Å².